The summed E-state index contributed by atoms with van der Waals surface area (Å²) >= 11 is 9.47. The van der Waals surface area contributed by atoms with Crippen molar-refractivity contribution in [1.82, 2.24) is 19.7 Å². The van der Waals surface area contributed by atoms with Crippen molar-refractivity contribution >= 4 is 44.5 Å². The summed E-state index contributed by atoms with van der Waals surface area (Å²) < 4.78 is 8.12. The Bertz CT molecular complexity index is 771. The van der Waals surface area contributed by atoms with Crippen molar-refractivity contribution in [2.45, 2.75) is 39.3 Å². The molecule has 0 aromatic carbocycles. The number of halogens is 2. The fourth-order valence-electron chi connectivity index (χ4n) is 2.85. The van der Waals surface area contributed by atoms with Crippen LogP contribution >= 0.6 is 27.5 Å². The predicted molar refractivity (Wildman–Crippen MR) is 96.2 cm³/mol. The van der Waals surface area contributed by atoms with Crippen molar-refractivity contribution in [2.75, 3.05) is 13.1 Å². The minimum Gasteiger partial charge on any atom is -0.444 e. The van der Waals surface area contributed by atoms with Gasteiger partial charge in [0.2, 0.25) is 0 Å². The molecule has 3 heterocycles. The highest BCUT2D eigenvalue weighted by molar-refractivity contribution is 9.10. The lowest BCUT2D eigenvalue weighted by Crippen LogP contribution is -2.35. The third kappa shape index (κ3) is 3.67. The Labute approximate surface area is 154 Å². The van der Waals surface area contributed by atoms with E-state index in [1.807, 2.05) is 25.5 Å². The molecule has 0 radical (unpaired) electrons. The maximum absolute atomic E-state index is 12.2. The Morgan fingerprint density at radius 3 is 2.92 bits per heavy atom. The molecule has 1 saturated heterocycles. The molecule has 24 heavy (non-hydrogen) atoms. The number of likely N-dealkylation sites (tertiary alicyclic amines) is 1. The van der Waals surface area contributed by atoms with Crippen molar-refractivity contribution in [3.63, 3.8) is 0 Å². The van der Waals surface area contributed by atoms with Gasteiger partial charge in [-0.2, -0.15) is 5.10 Å². The van der Waals surface area contributed by atoms with Gasteiger partial charge in [0.05, 0.1) is 22.4 Å². The summed E-state index contributed by atoms with van der Waals surface area (Å²) in [5.74, 6) is 0.343. The molecule has 0 spiro atoms. The Balaban J connectivity index is 1.68. The van der Waals surface area contributed by atoms with E-state index < -0.39 is 5.60 Å². The lowest BCUT2D eigenvalue weighted by molar-refractivity contribution is 0.0287. The molecule has 2 aromatic heterocycles. The SMILES string of the molecule is CC(C)(C)OC(=O)N1CC[C@@H](Cn2ncc3c(Br)c(Cl)ncc32)C1. The number of amides is 1. The third-order valence-electron chi connectivity index (χ3n) is 3.97. The van der Waals surface area contributed by atoms with Gasteiger partial charge in [0.25, 0.3) is 0 Å². The number of ether oxygens (including phenoxy) is 1. The molecule has 1 atom stereocenters. The summed E-state index contributed by atoms with van der Waals surface area (Å²) in [5.41, 5.74) is 0.465. The van der Waals surface area contributed by atoms with Gasteiger partial charge in [0.15, 0.2) is 0 Å². The van der Waals surface area contributed by atoms with Crippen LogP contribution < -0.4 is 0 Å². The minimum absolute atomic E-state index is 0.244. The number of hydrogen-bond donors (Lipinski definition) is 0. The van der Waals surface area contributed by atoms with E-state index in [-0.39, 0.29) is 6.09 Å². The topological polar surface area (TPSA) is 60.2 Å². The molecule has 3 rings (SSSR count). The second-order valence-electron chi connectivity index (χ2n) is 7.07. The number of hydrogen-bond acceptors (Lipinski definition) is 4. The molecule has 6 nitrogen and oxygen atoms in total. The van der Waals surface area contributed by atoms with Crippen molar-refractivity contribution in [1.29, 1.82) is 0 Å². The number of nitrogens with zero attached hydrogens (tertiary/aromatic N) is 4. The summed E-state index contributed by atoms with van der Waals surface area (Å²) in [6, 6.07) is 0. The third-order valence-corrected chi connectivity index (χ3v) is 5.28. The maximum atomic E-state index is 12.2. The molecule has 1 aliphatic heterocycles. The number of fused-ring (bicyclic) bond motifs is 1. The van der Waals surface area contributed by atoms with Crippen molar-refractivity contribution < 1.29 is 9.53 Å². The molecular formula is C16H20BrClN4O2. The summed E-state index contributed by atoms with van der Waals surface area (Å²) in [7, 11) is 0. The van der Waals surface area contributed by atoms with Crippen LogP contribution in [-0.2, 0) is 11.3 Å². The highest BCUT2D eigenvalue weighted by Crippen LogP contribution is 2.30. The molecule has 0 N–H and O–H groups in total. The Kier molecular flexibility index (Phi) is 4.75. The second kappa shape index (κ2) is 6.52. The van der Waals surface area contributed by atoms with E-state index in [1.54, 1.807) is 17.3 Å². The van der Waals surface area contributed by atoms with Crippen LogP contribution in [0.15, 0.2) is 16.9 Å². The molecule has 1 aliphatic rings. The van der Waals surface area contributed by atoms with E-state index in [4.69, 9.17) is 16.3 Å². The first-order valence-corrected chi connectivity index (χ1v) is 9.05. The molecule has 0 unspecified atom stereocenters. The monoisotopic (exact) mass is 414 g/mol. The lowest BCUT2D eigenvalue weighted by atomic mass is 10.1. The van der Waals surface area contributed by atoms with Crippen LogP contribution in [0.1, 0.15) is 27.2 Å². The number of rotatable bonds is 2. The first-order valence-electron chi connectivity index (χ1n) is 7.88. The zero-order valence-electron chi connectivity index (χ0n) is 13.9. The van der Waals surface area contributed by atoms with Crippen LogP contribution in [-0.4, -0.2) is 44.4 Å². The molecule has 1 fully saturated rings. The van der Waals surface area contributed by atoms with Gasteiger partial charge in [-0.1, -0.05) is 11.6 Å². The van der Waals surface area contributed by atoms with Crippen molar-refractivity contribution in [2.24, 2.45) is 5.92 Å². The van der Waals surface area contributed by atoms with Gasteiger partial charge in [-0.3, -0.25) is 4.68 Å². The van der Waals surface area contributed by atoms with Crippen LogP contribution in [0.3, 0.4) is 0 Å². The van der Waals surface area contributed by atoms with E-state index in [0.717, 1.165) is 28.3 Å². The quantitative estimate of drug-likeness (QED) is 0.693. The molecule has 0 aliphatic carbocycles. The lowest BCUT2D eigenvalue weighted by Gasteiger charge is -2.24. The molecule has 2 aromatic rings. The van der Waals surface area contributed by atoms with E-state index >= 15 is 0 Å². The number of pyridine rings is 1. The summed E-state index contributed by atoms with van der Waals surface area (Å²) in [6.07, 6.45) is 4.21. The van der Waals surface area contributed by atoms with E-state index in [1.165, 1.54) is 0 Å². The number of carbonyl (C=O) groups excluding carboxylic acids is 1. The van der Waals surface area contributed by atoms with Crippen LogP contribution in [0.4, 0.5) is 4.79 Å². The number of aromatic nitrogens is 3. The van der Waals surface area contributed by atoms with Crippen LogP contribution in [0.2, 0.25) is 5.15 Å². The Morgan fingerprint density at radius 2 is 2.21 bits per heavy atom. The molecular weight excluding hydrogens is 396 g/mol. The summed E-state index contributed by atoms with van der Waals surface area (Å²) in [5, 5.41) is 5.81. The standard InChI is InChI=1S/C16H20BrClN4O2/c1-16(2,3)24-15(23)21-5-4-10(8-21)9-22-12-7-19-14(18)13(17)11(12)6-20-22/h6-7,10H,4-5,8-9H2,1-3H3/t10-/m1/s1. The van der Waals surface area contributed by atoms with Crippen LogP contribution in [0.25, 0.3) is 10.9 Å². The minimum atomic E-state index is -0.468. The second-order valence-corrected chi connectivity index (χ2v) is 8.22. The largest absolute Gasteiger partial charge is 0.444 e. The summed E-state index contributed by atoms with van der Waals surface area (Å²) in [4.78, 5) is 18.1. The fraction of sp³-hybridized carbons (Fsp3) is 0.562. The van der Waals surface area contributed by atoms with Gasteiger partial charge in [-0.25, -0.2) is 9.78 Å². The van der Waals surface area contributed by atoms with Gasteiger partial charge >= 0.3 is 6.09 Å². The molecule has 8 heteroatoms. The number of carbonyl (C=O) groups is 1. The molecule has 0 bridgehead atoms. The van der Waals surface area contributed by atoms with E-state index in [0.29, 0.717) is 24.2 Å². The average Bonchev–Trinajstić information content (AvgIpc) is 3.09. The van der Waals surface area contributed by atoms with Crippen molar-refractivity contribution in [3.8, 4) is 0 Å². The fourth-order valence-corrected chi connectivity index (χ4v) is 3.41. The maximum Gasteiger partial charge on any atom is 0.410 e. The molecule has 0 saturated carbocycles. The zero-order valence-corrected chi connectivity index (χ0v) is 16.3. The van der Waals surface area contributed by atoms with Gasteiger partial charge in [0.1, 0.15) is 10.8 Å². The van der Waals surface area contributed by atoms with E-state index in [2.05, 4.69) is 26.0 Å². The molecule has 130 valence electrons. The van der Waals surface area contributed by atoms with Gasteiger partial charge in [-0.05, 0) is 49.0 Å². The van der Waals surface area contributed by atoms with Crippen LogP contribution in [0.5, 0.6) is 0 Å². The Morgan fingerprint density at radius 1 is 1.46 bits per heavy atom. The highest BCUT2D eigenvalue weighted by Gasteiger charge is 2.30. The van der Waals surface area contributed by atoms with Crippen molar-refractivity contribution in [3.05, 3.63) is 22.0 Å². The van der Waals surface area contributed by atoms with E-state index in [9.17, 15) is 4.79 Å². The average molecular weight is 416 g/mol. The smallest absolute Gasteiger partial charge is 0.410 e. The van der Waals surface area contributed by atoms with Gasteiger partial charge < -0.3 is 9.64 Å². The molecule has 1 amide bonds. The first-order chi connectivity index (χ1) is 11.2. The highest BCUT2D eigenvalue weighted by atomic mass is 79.9. The van der Waals surface area contributed by atoms with Gasteiger partial charge in [-0.15, -0.1) is 0 Å². The normalized spacial score (nSPS) is 18.4. The summed E-state index contributed by atoms with van der Waals surface area (Å²) in [6.45, 7) is 7.77. The van der Waals surface area contributed by atoms with Crippen LogP contribution in [0, 0.1) is 5.92 Å². The Hall–Kier alpha value is -1.34. The predicted octanol–water partition coefficient (Wildman–Crippen LogP) is 4.10. The first kappa shape index (κ1) is 17.5. The zero-order chi connectivity index (χ0) is 17.5. The van der Waals surface area contributed by atoms with Gasteiger partial charge in [0, 0.05) is 25.0 Å².